The van der Waals surface area contributed by atoms with Crippen LogP contribution in [0.25, 0.3) is 0 Å². The molecule has 0 saturated carbocycles. The molecule has 1 amide bonds. The van der Waals surface area contributed by atoms with E-state index in [0.717, 1.165) is 25.9 Å². The zero-order valence-electron chi connectivity index (χ0n) is 12.2. The number of nitrogens with zero attached hydrogens (tertiary/aromatic N) is 3. The average Bonchev–Trinajstić information content (AvgIpc) is 2.46. The highest BCUT2D eigenvalue weighted by molar-refractivity contribution is 5.94. The molecule has 0 spiro atoms. The minimum atomic E-state index is -0.461. The molecule has 0 radical (unpaired) electrons. The molecule has 0 atom stereocenters. The van der Waals surface area contributed by atoms with Gasteiger partial charge in [-0.2, -0.15) is 0 Å². The Balaban J connectivity index is 0.00000220. The van der Waals surface area contributed by atoms with Crippen LogP contribution in [0.3, 0.4) is 0 Å². The zero-order chi connectivity index (χ0) is 14.7. The minimum Gasteiger partial charge on any atom is -0.339 e. The summed E-state index contributed by atoms with van der Waals surface area (Å²) in [6, 6.07) is 6.33. The maximum absolute atomic E-state index is 12.3. The second-order valence-electron chi connectivity index (χ2n) is 5.29. The van der Waals surface area contributed by atoms with Crippen molar-refractivity contribution in [1.82, 2.24) is 9.80 Å². The van der Waals surface area contributed by atoms with Gasteiger partial charge in [0, 0.05) is 36.8 Å². The average molecular weight is 314 g/mol. The summed E-state index contributed by atoms with van der Waals surface area (Å²) in [6.45, 7) is 1.47. The number of hydrogen-bond donors (Lipinski definition) is 0. The molecule has 0 aliphatic carbocycles. The van der Waals surface area contributed by atoms with E-state index < -0.39 is 4.92 Å². The molecule has 0 bridgehead atoms. The molecule has 116 valence electrons. The van der Waals surface area contributed by atoms with Gasteiger partial charge in [0.1, 0.15) is 0 Å². The lowest BCUT2D eigenvalue weighted by Gasteiger charge is -2.35. The van der Waals surface area contributed by atoms with Crippen LogP contribution in [0.15, 0.2) is 24.3 Å². The van der Waals surface area contributed by atoms with E-state index in [1.165, 1.54) is 24.3 Å². The second-order valence-corrected chi connectivity index (χ2v) is 5.29. The van der Waals surface area contributed by atoms with E-state index in [4.69, 9.17) is 0 Å². The molecule has 7 heteroatoms. The van der Waals surface area contributed by atoms with Crippen LogP contribution in [0.4, 0.5) is 5.69 Å². The minimum absolute atomic E-state index is 0. The van der Waals surface area contributed by atoms with E-state index in [2.05, 4.69) is 19.0 Å². The fourth-order valence-electron chi connectivity index (χ4n) is 2.49. The van der Waals surface area contributed by atoms with Crippen molar-refractivity contribution in [3.05, 3.63) is 39.9 Å². The van der Waals surface area contributed by atoms with E-state index in [1.807, 2.05) is 4.90 Å². The third kappa shape index (κ3) is 4.15. The van der Waals surface area contributed by atoms with Crippen LogP contribution in [-0.2, 0) is 0 Å². The number of piperidine rings is 1. The number of carbonyl (C=O) groups is 1. The number of amides is 1. The largest absolute Gasteiger partial charge is 0.339 e. The molecule has 0 N–H and O–H groups in total. The summed E-state index contributed by atoms with van der Waals surface area (Å²) >= 11 is 0. The molecule has 1 saturated heterocycles. The van der Waals surface area contributed by atoms with Gasteiger partial charge < -0.3 is 9.80 Å². The first-order valence-electron chi connectivity index (χ1n) is 6.69. The van der Waals surface area contributed by atoms with Crippen molar-refractivity contribution in [2.24, 2.45) is 0 Å². The van der Waals surface area contributed by atoms with Gasteiger partial charge in [-0.3, -0.25) is 14.9 Å². The number of carbonyl (C=O) groups excluding carboxylic acids is 1. The van der Waals surface area contributed by atoms with Crippen LogP contribution in [0.2, 0.25) is 0 Å². The fraction of sp³-hybridized carbons (Fsp3) is 0.500. The van der Waals surface area contributed by atoms with Crippen LogP contribution >= 0.6 is 12.4 Å². The topological polar surface area (TPSA) is 66.7 Å². The summed E-state index contributed by atoms with van der Waals surface area (Å²) in [4.78, 5) is 26.4. The van der Waals surface area contributed by atoms with Gasteiger partial charge in [0.05, 0.1) is 4.92 Å². The van der Waals surface area contributed by atoms with Crippen LogP contribution in [-0.4, -0.2) is 53.9 Å². The Morgan fingerprint density at radius 3 is 2.19 bits per heavy atom. The zero-order valence-corrected chi connectivity index (χ0v) is 13.0. The predicted octanol–water partition coefficient (Wildman–Crippen LogP) is 2.18. The second kappa shape index (κ2) is 7.38. The molecule has 1 fully saturated rings. The number of nitro benzene ring substituents is 1. The van der Waals surface area contributed by atoms with Crippen molar-refractivity contribution in [3.8, 4) is 0 Å². The Kier molecular flexibility index (Phi) is 6.11. The Labute approximate surface area is 130 Å². The van der Waals surface area contributed by atoms with Crippen LogP contribution in [0.1, 0.15) is 23.2 Å². The molecule has 1 aromatic rings. The van der Waals surface area contributed by atoms with Gasteiger partial charge >= 0.3 is 0 Å². The van der Waals surface area contributed by atoms with Gasteiger partial charge in [-0.25, -0.2) is 0 Å². The third-order valence-electron chi connectivity index (χ3n) is 3.81. The third-order valence-corrected chi connectivity index (χ3v) is 3.81. The van der Waals surface area contributed by atoms with Crippen LogP contribution in [0, 0.1) is 10.1 Å². The lowest BCUT2D eigenvalue weighted by molar-refractivity contribution is -0.384. The smallest absolute Gasteiger partial charge is 0.269 e. The molecule has 21 heavy (non-hydrogen) atoms. The van der Waals surface area contributed by atoms with Crippen molar-refractivity contribution in [1.29, 1.82) is 0 Å². The van der Waals surface area contributed by atoms with E-state index >= 15 is 0 Å². The Morgan fingerprint density at radius 1 is 1.24 bits per heavy atom. The molecule has 1 aliphatic heterocycles. The van der Waals surface area contributed by atoms with Gasteiger partial charge in [0.15, 0.2) is 0 Å². The Hall–Kier alpha value is -1.66. The summed E-state index contributed by atoms with van der Waals surface area (Å²) in [5, 5.41) is 10.6. The molecule has 2 rings (SSSR count). The highest BCUT2D eigenvalue weighted by atomic mass is 35.5. The number of non-ortho nitro benzene ring substituents is 1. The first-order valence-corrected chi connectivity index (χ1v) is 6.69. The lowest BCUT2D eigenvalue weighted by Crippen LogP contribution is -2.44. The van der Waals surface area contributed by atoms with E-state index in [-0.39, 0.29) is 24.0 Å². The van der Waals surface area contributed by atoms with Crippen molar-refractivity contribution in [2.75, 3.05) is 27.2 Å². The number of halogens is 1. The van der Waals surface area contributed by atoms with Crippen molar-refractivity contribution in [3.63, 3.8) is 0 Å². The quantitative estimate of drug-likeness (QED) is 0.633. The number of likely N-dealkylation sites (tertiary alicyclic amines) is 1. The van der Waals surface area contributed by atoms with E-state index in [0.29, 0.717) is 11.6 Å². The van der Waals surface area contributed by atoms with Crippen molar-refractivity contribution in [2.45, 2.75) is 18.9 Å². The maximum atomic E-state index is 12.3. The molecule has 1 aliphatic rings. The first-order chi connectivity index (χ1) is 9.49. The van der Waals surface area contributed by atoms with Gasteiger partial charge in [0.25, 0.3) is 11.6 Å². The fourth-order valence-corrected chi connectivity index (χ4v) is 2.49. The standard InChI is InChI=1S/C14H19N3O3.ClH/c1-15(2)12-7-9-16(10-8-12)14(18)11-3-5-13(6-4-11)17(19)20;/h3-6,12H,7-10H2,1-2H3;1H. The summed E-state index contributed by atoms with van der Waals surface area (Å²) < 4.78 is 0. The molecule has 0 unspecified atom stereocenters. The Bertz CT molecular complexity index is 497. The van der Waals surface area contributed by atoms with E-state index in [9.17, 15) is 14.9 Å². The molecule has 1 aromatic carbocycles. The van der Waals surface area contributed by atoms with Crippen molar-refractivity contribution >= 4 is 24.0 Å². The highest BCUT2D eigenvalue weighted by Gasteiger charge is 2.24. The van der Waals surface area contributed by atoms with Crippen LogP contribution < -0.4 is 0 Å². The van der Waals surface area contributed by atoms with Gasteiger partial charge in [-0.15, -0.1) is 12.4 Å². The number of nitro groups is 1. The number of rotatable bonds is 3. The first kappa shape index (κ1) is 17.4. The lowest BCUT2D eigenvalue weighted by atomic mass is 10.0. The van der Waals surface area contributed by atoms with Crippen LogP contribution in [0.5, 0.6) is 0 Å². The highest BCUT2D eigenvalue weighted by Crippen LogP contribution is 2.18. The Morgan fingerprint density at radius 2 is 1.76 bits per heavy atom. The predicted molar refractivity (Wildman–Crippen MR) is 83.0 cm³/mol. The van der Waals surface area contributed by atoms with E-state index in [1.54, 1.807) is 0 Å². The summed E-state index contributed by atoms with van der Waals surface area (Å²) in [5.74, 6) is -0.0443. The molecular weight excluding hydrogens is 294 g/mol. The van der Waals surface area contributed by atoms with Gasteiger partial charge in [-0.1, -0.05) is 0 Å². The molecule has 6 nitrogen and oxygen atoms in total. The summed E-state index contributed by atoms with van der Waals surface area (Å²) in [7, 11) is 4.11. The number of hydrogen-bond acceptors (Lipinski definition) is 4. The van der Waals surface area contributed by atoms with Crippen molar-refractivity contribution < 1.29 is 9.72 Å². The van der Waals surface area contributed by atoms with Gasteiger partial charge in [0.2, 0.25) is 0 Å². The molecular formula is C14H20ClN3O3. The monoisotopic (exact) mass is 313 g/mol. The van der Waals surface area contributed by atoms with Gasteiger partial charge in [-0.05, 0) is 39.1 Å². The maximum Gasteiger partial charge on any atom is 0.269 e. The summed E-state index contributed by atoms with van der Waals surface area (Å²) in [5.41, 5.74) is 0.520. The molecule has 0 aromatic heterocycles. The normalized spacial score (nSPS) is 15.7. The SMILES string of the molecule is CN(C)C1CCN(C(=O)c2ccc([N+](=O)[O-])cc2)CC1.Cl. The number of benzene rings is 1. The summed E-state index contributed by atoms with van der Waals surface area (Å²) in [6.07, 6.45) is 1.93. The molecule has 1 heterocycles.